The second kappa shape index (κ2) is 10.6. The van der Waals surface area contributed by atoms with Gasteiger partial charge in [0.2, 0.25) is 23.5 Å². The van der Waals surface area contributed by atoms with Gasteiger partial charge in [0.15, 0.2) is 0 Å². The highest BCUT2D eigenvalue weighted by atomic mass is 35.5. The van der Waals surface area contributed by atoms with Gasteiger partial charge in [-0.05, 0) is 54.2 Å². The Morgan fingerprint density at radius 1 is 1.19 bits per heavy atom. The second-order valence-corrected chi connectivity index (χ2v) is 11.5. The molecule has 4 amide bonds. The minimum atomic E-state index is -1.17. The van der Waals surface area contributed by atoms with E-state index in [9.17, 15) is 24.0 Å². The maximum absolute atomic E-state index is 13.6. The van der Waals surface area contributed by atoms with Gasteiger partial charge in [-0.15, -0.1) is 0 Å². The Bertz CT molecular complexity index is 1120. The molecule has 1 aliphatic carbocycles. The molecule has 9 nitrogen and oxygen atoms in total. The van der Waals surface area contributed by atoms with Crippen LogP contribution in [0.3, 0.4) is 0 Å². The van der Waals surface area contributed by atoms with Gasteiger partial charge in [0, 0.05) is 42.5 Å². The van der Waals surface area contributed by atoms with E-state index >= 15 is 0 Å². The van der Waals surface area contributed by atoms with Crippen LogP contribution in [0.25, 0.3) is 0 Å². The summed E-state index contributed by atoms with van der Waals surface area (Å²) in [5.74, 6) is -2.94. The number of carbonyl (C=O) groups is 5. The van der Waals surface area contributed by atoms with Crippen molar-refractivity contribution < 1.29 is 24.0 Å². The quantitative estimate of drug-likeness (QED) is 0.404. The molecular formula is C26H32Cl2N4O5. The lowest BCUT2D eigenvalue weighted by Gasteiger charge is -2.31. The van der Waals surface area contributed by atoms with E-state index in [1.54, 1.807) is 23.1 Å². The summed E-state index contributed by atoms with van der Waals surface area (Å²) in [5, 5.41) is 8.69. The number of fused-ring (bicyclic) bond motifs is 1. The molecule has 11 heteroatoms. The Morgan fingerprint density at radius 3 is 2.46 bits per heavy atom. The second-order valence-electron chi connectivity index (χ2n) is 10.7. The zero-order valence-electron chi connectivity index (χ0n) is 21.1. The molecule has 37 heavy (non-hydrogen) atoms. The molecule has 0 radical (unpaired) electrons. The van der Waals surface area contributed by atoms with Crippen LogP contribution >= 0.6 is 23.2 Å². The molecule has 1 unspecified atom stereocenters. The fourth-order valence-corrected chi connectivity index (χ4v) is 6.50. The number of benzene rings is 1. The third-order valence-corrected chi connectivity index (χ3v) is 8.92. The monoisotopic (exact) mass is 550 g/mol. The van der Waals surface area contributed by atoms with Crippen molar-refractivity contribution in [3.05, 3.63) is 33.8 Å². The summed E-state index contributed by atoms with van der Waals surface area (Å²) in [6.07, 6.45) is 0.987. The van der Waals surface area contributed by atoms with E-state index in [-0.39, 0.29) is 41.9 Å². The third-order valence-electron chi connectivity index (χ3n) is 8.21. The van der Waals surface area contributed by atoms with E-state index in [1.165, 1.54) is 7.05 Å². The minimum absolute atomic E-state index is 0.0208. The van der Waals surface area contributed by atoms with Crippen molar-refractivity contribution in [2.45, 2.75) is 51.6 Å². The lowest BCUT2D eigenvalue weighted by molar-refractivity contribution is -0.143. The van der Waals surface area contributed by atoms with Crippen LogP contribution in [-0.2, 0) is 30.4 Å². The number of halogens is 2. The fourth-order valence-electron chi connectivity index (χ4n) is 5.91. The summed E-state index contributed by atoms with van der Waals surface area (Å²) in [5.41, 5.74) is 0.548. The highest BCUT2D eigenvalue weighted by molar-refractivity contribution is 6.38. The number of hydrogen-bond acceptors (Lipinski definition) is 5. The molecule has 3 aliphatic rings. The zero-order chi connectivity index (χ0) is 27.1. The number of nitrogens with one attached hydrogen (secondary N) is 3. The molecule has 0 bridgehead atoms. The topological polar surface area (TPSA) is 125 Å². The number of hydrogen-bond donors (Lipinski definition) is 3. The van der Waals surface area contributed by atoms with E-state index in [0.717, 1.165) is 0 Å². The maximum atomic E-state index is 13.6. The van der Waals surface area contributed by atoms with Crippen LogP contribution in [-0.4, -0.2) is 66.5 Å². The van der Waals surface area contributed by atoms with Gasteiger partial charge < -0.3 is 20.9 Å². The van der Waals surface area contributed by atoms with Crippen molar-refractivity contribution in [2.24, 2.45) is 23.2 Å². The lowest BCUT2D eigenvalue weighted by Crippen LogP contribution is -2.55. The number of rotatable bonds is 9. The molecule has 0 spiro atoms. The van der Waals surface area contributed by atoms with Crippen LogP contribution in [0, 0.1) is 23.2 Å². The van der Waals surface area contributed by atoms with Gasteiger partial charge in [-0.2, -0.15) is 0 Å². The first kappa shape index (κ1) is 27.4. The van der Waals surface area contributed by atoms with E-state index in [0.29, 0.717) is 41.5 Å². The largest absolute Gasteiger partial charge is 0.356 e. The first-order valence-corrected chi connectivity index (χ1v) is 13.3. The van der Waals surface area contributed by atoms with Gasteiger partial charge in [0.05, 0.1) is 6.04 Å². The lowest BCUT2D eigenvalue weighted by atomic mass is 9.94. The highest BCUT2D eigenvalue weighted by Gasteiger charge is 2.69. The first-order chi connectivity index (χ1) is 17.5. The number of likely N-dealkylation sites (N-methyl/N-ethyl adjacent to an activating group) is 1. The average Bonchev–Trinajstić information content (AvgIpc) is 3.21. The van der Waals surface area contributed by atoms with Crippen LogP contribution in [0.1, 0.15) is 38.7 Å². The number of amides is 4. The van der Waals surface area contributed by atoms with Crippen LogP contribution in [0.4, 0.5) is 0 Å². The van der Waals surface area contributed by atoms with Gasteiger partial charge >= 0.3 is 0 Å². The van der Waals surface area contributed by atoms with Gasteiger partial charge in [0.25, 0.3) is 5.91 Å². The van der Waals surface area contributed by atoms with E-state index in [2.05, 4.69) is 29.8 Å². The molecule has 1 aromatic rings. The third kappa shape index (κ3) is 5.34. The predicted octanol–water partition coefficient (Wildman–Crippen LogP) is 1.74. The van der Waals surface area contributed by atoms with Crippen molar-refractivity contribution in [3.63, 3.8) is 0 Å². The number of carbonyl (C=O) groups excluding carboxylic acids is 5. The number of likely N-dealkylation sites (tertiary alicyclic amines) is 1. The minimum Gasteiger partial charge on any atom is -0.356 e. The molecule has 2 aliphatic heterocycles. The normalized spacial score (nSPS) is 26.2. The van der Waals surface area contributed by atoms with Crippen molar-refractivity contribution in [1.29, 1.82) is 0 Å². The van der Waals surface area contributed by atoms with Gasteiger partial charge in [-0.3, -0.25) is 24.0 Å². The molecule has 4 rings (SSSR count). The molecular weight excluding hydrogens is 519 g/mol. The summed E-state index contributed by atoms with van der Waals surface area (Å²) in [6, 6.07) is 3.22. The van der Waals surface area contributed by atoms with E-state index < -0.39 is 35.6 Å². The number of ketones is 1. The van der Waals surface area contributed by atoms with Gasteiger partial charge in [-0.1, -0.05) is 43.1 Å². The van der Waals surface area contributed by atoms with E-state index in [1.807, 2.05) is 0 Å². The highest BCUT2D eigenvalue weighted by Crippen LogP contribution is 2.64. The summed E-state index contributed by atoms with van der Waals surface area (Å²) in [6.45, 7) is 5.04. The predicted molar refractivity (Wildman–Crippen MR) is 138 cm³/mol. The number of nitrogens with zero attached hydrogens (tertiary/aromatic N) is 1. The van der Waals surface area contributed by atoms with Crippen molar-refractivity contribution >= 4 is 52.6 Å². The Balaban J connectivity index is 1.50. The van der Waals surface area contributed by atoms with Crippen LogP contribution in [0.5, 0.6) is 0 Å². The van der Waals surface area contributed by atoms with Crippen molar-refractivity contribution in [3.8, 4) is 0 Å². The molecule has 2 saturated heterocycles. The molecule has 5 atom stereocenters. The summed E-state index contributed by atoms with van der Waals surface area (Å²) >= 11 is 12.5. The molecule has 3 N–H and O–H groups in total. The molecule has 0 aromatic heterocycles. The van der Waals surface area contributed by atoms with Crippen LogP contribution in [0.15, 0.2) is 18.2 Å². The SMILES string of the molecule is CNC(=O)C(=O)C(C[C@@H]1CCNC1=O)NC(=O)[C@@H]1[C@@H]2[C@H](CN1C(=O)CCc1c(Cl)cccc1Cl)C2(C)C. The smallest absolute Gasteiger partial charge is 0.289 e. The maximum Gasteiger partial charge on any atom is 0.289 e. The van der Waals surface area contributed by atoms with Crippen molar-refractivity contribution in [2.75, 3.05) is 20.1 Å². The fraction of sp³-hybridized carbons (Fsp3) is 0.577. The molecule has 2 heterocycles. The average molecular weight is 551 g/mol. The van der Waals surface area contributed by atoms with Gasteiger partial charge in [0.1, 0.15) is 6.04 Å². The Morgan fingerprint density at radius 2 is 1.86 bits per heavy atom. The van der Waals surface area contributed by atoms with Gasteiger partial charge in [-0.25, -0.2) is 0 Å². The Kier molecular flexibility index (Phi) is 7.85. The Labute approximate surface area is 226 Å². The number of Topliss-reactive ketones (excluding diaryl/α,β-unsaturated/α-hetero) is 1. The molecule has 1 aromatic carbocycles. The zero-order valence-corrected chi connectivity index (χ0v) is 22.6. The Hall–Kier alpha value is -2.65. The molecule has 1 saturated carbocycles. The van der Waals surface area contributed by atoms with Crippen LogP contribution in [0.2, 0.25) is 10.0 Å². The molecule has 3 fully saturated rings. The summed E-state index contributed by atoms with van der Waals surface area (Å²) < 4.78 is 0. The first-order valence-electron chi connectivity index (χ1n) is 12.5. The molecule has 200 valence electrons. The summed E-state index contributed by atoms with van der Waals surface area (Å²) in [4.78, 5) is 65.6. The number of piperidine rings is 1. The van der Waals surface area contributed by atoms with Crippen molar-refractivity contribution in [1.82, 2.24) is 20.9 Å². The summed E-state index contributed by atoms with van der Waals surface area (Å²) in [7, 11) is 1.33. The standard InChI is InChI=1S/C26H32Cl2N4O5/c1-26(2)15-12-32(19(33)8-7-14-16(27)5-4-6-17(14)28)21(20(15)26)24(36)31-18(22(34)25(37)29-3)11-13-9-10-30-23(13)35/h4-6,13,15,18,20-21H,7-12H2,1-3H3,(H,29,37)(H,30,35)(H,31,36)/t13-,15-,18?,20-,21-/m0/s1. The van der Waals surface area contributed by atoms with E-state index in [4.69, 9.17) is 23.2 Å². The van der Waals surface area contributed by atoms with Crippen LogP contribution < -0.4 is 16.0 Å².